The molecule has 3 atom stereocenters. The lowest BCUT2D eigenvalue weighted by molar-refractivity contribution is -0.153. The van der Waals surface area contributed by atoms with Crippen molar-refractivity contribution in [1.82, 2.24) is 25.1 Å². The van der Waals surface area contributed by atoms with Gasteiger partial charge in [-0.1, -0.05) is 72.8 Å². The lowest BCUT2D eigenvalue weighted by atomic mass is 10.00. The number of H-pyrrole nitrogens is 1. The van der Waals surface area contributed by atoms with Crippen LogP contribution in [-0.4, -0.2) is 77.2 Å². The largest absolute Gasteiger partial charge is 0.448 e. The Bertz CT molecular complexity index is 2030. The molecule has 2 saturated heterocycles. The maximum absolute atomic E-state index is 14.3. The number of amides is 3. The fourth-order valence-corrected chi connectivity index (χ4v) is 8.14. The van der Waals surface area contributed by atoms with Gasteiger partial charge in [0.1, 0.15) is 28.5 Å². The van der Waals surface area contributed by atoms with E-state index in [-0.39, 0.29) is 29.5 Å². The summed E-state index contributed by atoms with van der Waals surface area (Å²) in [5.41, 5.74) is 2.79. The molecule has 0 saturated carbocycles. The smallest absolute Gasteiger partial charge is 0.408 e. The molecular formula is C38H37N5O7S. The van der Waals surface area contributed by atoms with Crippen molar-refractivity contribution in [2.75, 3.05) is 12.3 Å². The predicted octanol–water partition coefficient (Wildman–Crippen LogP) is 4.63. The van der Waals surface area contributed by atoms with Crippen molar-refractivity contribution in [2.24, 2.45) is 0 Å². The highest BCUT2D eigenvalue weighted by molar-refractivity contribution is 7.86. The third-order valence-electron chi connectivity index (χ3n) is 8.79. The number of imidazole rings is 1. The molecular weight excluding hydrogens is 671 g/mol. The van der Waals surface area contributed by atoms with Crippen LogP contribution in [0.5, 0.6) is 0 Å². The summed E-state index contributed by atoms with van der Waals surface area (Å²) < 4.78 is 25.3. The van der Waals surface area contributed by atoms with Gasteiger partial charge in [-0.15, -0.1) is 0 Å². The van der Waals surface area contributed by atoms with E-state index in [4.69, 9.17) is 9.47 Å². The molecule has 2 N–H and O–H groups in total. The number of carbonyl (C=O) groups excluding carboxylic acids is 4. The highest BCUT2D eigenvalue weighted by Gasteiger charge is 2.58. The van der Waals surface area contributed by atoms with Crippen molar-refractivity contribution in [3.8, 4) is 0 Å². The first-order valence-electron chi connectivity index (χ1n) is 16.6. The van der Waals surface area contributed by atoms with Crippen molar-refractivity contribution in [3.05, 3.63) is 125 Å². The molecule has 4 heterocycles. The Morgan fingerprint density at radius 3 is 2.29 bits per heavy atom. The average molecular weight is 708 g/mol. The van der Waals surface area contributed by atoms with E-state index in [0.717, 1.165) is 15.9 Å². The van der Waals surface area contributed by atoms with Gasteiger partial charge in [-0.05, 0) is 62.1 Å². The van der Waals surface area contributed by atoms with Gasteiger partial charge in [0, 0.05) is 12.1 Å². The summed E-state index contributed by atoms with van der Waals surface area (Å²) in [6, 6.07) is 24.8. The Kier molecular flexibility index (Phi) is 9.06. The van der Waals surface area contributed by atoms with Gasteiger partial charge in [-0.3, -0.25) is 18.7 Å². The minimum Gasteiger partial charge on any atom is -0.448 e. The molecule has 7 rings (SSSR count). The van der Waals surface area contributed by atoms with Gasteiger partial charge in [0.05, 0.1) is 34.1 Å². The van der Waals surface area contributed by atoms with E-state index in [1.54, 1.807) is 31.7 Å². The first-order valence-corrected chi connectivity index (χ1v) is 18.0. The summed E-state index contributed by atoms with van der Waals surface area (Å²) in [6.45, 7) is 5.74. The van der Waals surface area contributed by atoms with Gasteiger partial charge >= 0.3 is 12.1 Å². The summed E-state index contributed by atoms with van der Waals surface area (Å²) >= 11 is 0. The number of alkyl carbamates (subject to hydrolysis) is 1. The number of fused-ring (bicyclic) bond motifs is 2. The molecule has 4 aromatic rings. The molecule has 1 aromatic heterocycles. The van der Waals surface area contributed by atoms with Crippen LogP contribution in [0, 0.1) is 0 Å². The molecule has 262 valence electrons. The molecule has 3 aromatic carbocycles. The third-order valence-corrected chi connectivity index (χ3v) is 10.4. The Balaban J connectivity index is 1.22. The number of hydrogen-bond acceptors (Lipinski definition) is 8. The molecule has 0 aliphatic carbocycles. The Labute approximate surface area is 297 Å². The lowest BCUT2D eigenvalue weighted by Gasteiger charge is -2.49. The van der Waals surface area contributed by atoms with Crippen LogP contribution in [0.2, 0.25) is 0 Å². The second-order valence-electron chi connectivity index (χ2n) is 13.6. The average Bonchev–Trinajstić information content (AvgIpc) is 3.68. The van der Waals surface area contributed by atoms with E-state index in [0.29, 0.717) is 35.5 Å². The van der Waals surface area contributed by atoms with Crippen LogP contribution >= 0.6 is 0 Å². The van der Waals surface area contributed by atoms with Gasteiger partial charge in [-0.25, -0.2) is 14.6 Å². The number of esters is 1. The summed E-state index contributed by atoms with van der Waals surface area (Å²) in [7, 11) is -1.75. The second kappa shape index (κ2) is 13.6. The van der Waals surface area contributed by atoms with E-state index in [9.17, 15) is 23.4 Å². The van der Waals surface area contributed by atoms with E-state index < -0.39 is 51.9 Å². The van der Waals surface area contributed by atoms with Crippen LogP contribution in [0.15, 0.2) is 108 Å². The number of hydrogen-bond donors (Lipinski definition) is 2. The van der Waals surface area contributed by atoms with Crippen LogP contribution in [0.4, 0.5) is 4.79 Å². The number of ether oxygens (including phenoxy) is 2. The number of allylic oxidation sites excluding steroid dienone is 1. The lowest BCUT2D eigenvalue weighted by Crippen LogP contribution is -2.73. The molecule has 51 heavy (non-hydrogen) atoms. The normalized spacial score (nSPS) is 21.3. The topological polar surface area (TPSA) is 151 Å². The zero-order valence-corrected chi connectivity index (χ0v) is 29.1. The quantitative estimate of drug-likeness (QED) is 0.153. The van der Waals surface area contributed by atoms with E-state index in [1.807, 2.05) is 84.9 Å². The van der Waals surface area contributed by atoms with Crippen molar-refractivity contribution in [3.63, 3.8) is 0 Å². The van der Waals surface area contributed by atoms with Gasteiger partial charge in [-0.2, -0.15) is 0 Å². The number of aromatic amines is 1. The van der Waals surface area contributed by atoms with Gasteiger partial charge in [0.2, 0.25) is 5.91 Å². The van der Waals surface area contributed by atoms with E-state index in [1.165, 1.54) is 0 Å². The monoisotopic (exact) mass is 707 g/mol. The van der Waals surface area contributed by atoms with Crippen LogP contribution in [0.25, 0.3) is 11.0 Å². The fraction of sp³-hybridized carbons (Fsp3) is 0.289. The minimum atomic E-state index is -1.75. The molecule has 13 heteroatoms. The maximum Gasteiger partial charge on any atom is 0.408 e. The molecule has 2 fully saturated rings. The highest BCUT2D eigenvalue weighted by atomic mass is 32.2. The number of rotatable bonds is 8. The first kappa shape index (κ1) is 33.9. The SMILES string of the molecule is CC(C)(C)OC(=O)NC1C(=O)N2C(C(=O)OC(c3ccccc3)c3ccccc3)=C(/C=C3\CCN(Cc4nc5ccccc5[nH]4)C3=O)CS(=O)C12. The van der Waals surface area contributed by atoms with E-state index >= 15 is 0 Å². The Morgan fingerprint density at radius 1 is 1.00 bits per heavy atom. The number of aromatic nitrogens is 2. The number of benzene rings is 3. The molecule has 0 radical (unpaired) electrons. The van der Waals surface area contributed by atoms with Crippen LogP contribution in [-0.2, 0) is 41.2 Å². The Hall–Kier alpha value is -5.56. The minimum absolute atomic E-state index is 0.111. The zero-order chi connectivity index (χ0) is 35.9. The highest BCUT2D eigenvalue weighted by Crippen LogP contribution is 2.38. The molecule has 12 nitrogen and oxygen atoms in total. The van der Waals surface area contributed by atoms with Crippen molar-refractivity contribution >= 4 is 45.7 Å². The van der Waals surface area contributed by atoms with Crippen LogP contribution < -0.4 is 5.32 Å². The van der Waals surface area contributed by atoms with Crippen molar-refractivity contribution < 1.29 is 32.9 Å². The standard InChI is InChI=1S/C38H37N5O7S/c1-38(2,3)50-37(47)41-30-34(45)43-31(36(46)49-32(23-12-6-4-7-13-23)24-14-8-5-9-15-24)26(22-51(48)35(30)43)20-25-18-19-42(33(25)44)21-29-39-27-16-10-11-17-28(27)40-29/h4-17,20,30,32,35H,18-19,21-22H2,1-3H3,(H,39,40)(H,41,47)/b25-20+. The first-order chi connectivity index (χ1) is 24.5. The summed E-state index contributed by atoms with van der Waals surface area (Å²) in [5.74, 6) is -1.22. The molecule has 3 amide bonds. The maximum atomic E-state index is 14.3. The fourth-order valence-electron chi connectivity index (χ4n) is 6.51. The number of carbonyl (C=O) groups is 4. The predicted molar refractivity (Wildman–Crippen MR) is 189 cm³/mol. The van der Waals surface area contributed by atoms with Gasteiger partial charge in [0.15, 0.2) is 6.10 Å². The molecule has 3 unspecified atom stereocenters. The van der Waals surface area contributed by atoms with Crippen molar-refractivity contribution in [2.45, 2.75) is 56.9 Å². The summed E-state index contributed by atoms with van der Waals surface area (Å²) in [5, 5.41) is 1.50. The second-order valence-corrected chi connectivity index (χ2v) is 15.1. The van der Waals surface area contributed by atoms with Gasteiger partial charge < -0.3 is 24.7 Å². The zero-order valence-electron chi connectivity index (χ0n) is 28.3. The summed E-state index contributed by atoms with van der Waals surface area (Å²) in [4.78, 5) is 65.0. The van der Waals surface area contributed by atoms with Crippen molar-refractivity contribution in [1.29, 1.82) is 0 Å². The van der Waals surface area contributed by atoms with Crippen LogP contribution in [0.3, 0.4) is 0 Å². The third kappa shape index (κ3) is 6.93. The molecule has 0 bridgehead atoms. The number of β-lactam (4-membered cyclic amide) rings is 1. The number of nitrogens with zero attached hydrogens (tertiary/aromatic N) is 3. The molecule has 3 aliphatic rings. The number of nitrogens with one attached hydrogen (secondary N) is 2. The van der Waals surface area contributed by atoms with Gasteiger partial charge in [0.25, 0.3) is 5.91 Å². The Morgan fingerprint density at radius 2 is 1.65 bits per heavy atom. The number of para-hydroxylation sites is 2. The number of likely N-dealkylation sites (tertiary alicyclic amines) is 1. The molecule has 3 aliphatic heterocycles. The van der Waals surface area contributed by atoms with E-state index in [2.05, 4.69) is 15.3 Å². The summed E-state index contributed by atoms with van der Waals surface area (Å²) in [6.07, 6.45) is 0.265. The molecule has 0 spiro atoms. The van der Waals surface area contributed by atoms with Crippen LogP contribution in [0.1, 0.15) is 50.2 Å².